The van der Waals surface area contributed by atoms with Gasteiger partial charge in [-0.25, -0.2) is 9.37 Å². The molecule has 4 nitrogen and oxygen atoms in total. The van der Waals surface area contributed by atoms with Gasteiger partial charge < -0.3 is 9.84 Å². The number of rotatable bonds is 9. The van der Waals surface area contributed by atoms with E-state index in [4.69, 9.17) is 16.3 Å². The molecule has 0 spiro atoms. The van der Waals surface area contributed by atoms with Crippen molar-refractivity contribution in [1.82, 2.24) is 9.97 Å². The molecule has 1 heterocycles. The summed E-state index contributed by atoms with van der Waals surface area (Å²) in [5.74, 6) is 1.14. The lowest BCUT2D eigenvalue weighted by Gasteiger charge is -2.13. The zero-order chi connectivity index (χ0) is 32.2. The lowest BCUT2D eigenvalue weighted by Crippen LogP contribution is -2.12. The molecule has 2 aromatic rings. The van der Waals surface area contributed by atoms with Crippen LogP contribution in [0.25, 0.3) is 5.57 Å². The number of hydrogen-bond acceptors (Lipinski definition) is 4. The molecule has 1 N–H and O–H groups in total. The van der Waals surface area contributed by atoms with Crippen molar-refractivity contribution in [2.75, 3.05) is 0 Å². The fourth-order valence-corrected chi connectivity index (χ4v) is 3.45. The SMILES string of the molecule is C/C=C(\C)C(C)(C)F.CC(C)C.CCCC.CCCC=C(C)c1ccc(COc2nc(Cl)ncc2C(C)O)cc1P. The molecule has 0 saturated heterocycles. The predicted octanol–water partition coefficient (Wildman–Crippen LogP) is 10.6. The van der Waals surface area contributed by atoms with Gasteiger partial charge >= 0.3 is 0 Å². The Morgan fingerprint density at radius 2 is 1.66 bits per heavy atom. The summed E-state index contributed by atoms with van der Waals surface area (Å²) >= 11 is 5.83. The molecule has 0 saturated carbocycles. The first kappa shape index (κ1) is 41.3. The van der Waals surface area contributed by atoms with E-state index in [2.05, 4.69) is 85.9 Å². The standard InChI is InChI=1S/C19H24ClN2O2P.C7H13F.2C4H10/c1-4-5-6-12(2)15-8-7-14(9-17(15)25)11-24-18-16(13(3)23)10-21-19(20)22-18;1-5-6(2)7(3,4)8;1-4(2)3;1-3-4-2/h6-10,13,23H,4-5,11,25H2,1-3H3;5H,1-4H3;4H,1-3H3;3-4H2,1-2H3/b;6-5+;;. The highest BCUT2D eigenvalue weighted by molar-refractivity contribution is 7.27. The van der Waals surface area contributed by atoms with Crippen LogP contribution in [0.2, 0.25) is 5.28 Å². The highest BCUT2D eigenvalue weighted by atomic mass is 35.5. The smallest absolute Gasteiger partial charge is 0.225 e. The van der Waals surface area contributed by atoms with Gasteiger partial charge in [-0.3, -0.25) is 0 Å². The first-order chi connectivity index (χ1) is 19.0. The Bertz CT molecular complexity index is 1040. The second-order valence-corrected chi connectivity index (χ2v) is 12.1. The molecule has 2 atom stereocenters. The number of alkyl halides is 1. The number of aromatic nitrogens is 2. The maximum Gasteiger partial charge on any atom is 0.225 e. The molecule has 0 radical (unpaired) electrons. The molecule has 1 aromatic heterocycles. The second-order valence-electron chi connectivity index (χ2n) is 11.1. The average molecular weight is 611 g/mol. The summed E-state index contributed by atoms with van der Waals surface area (Å²) in [6.07, 6.45) is 9.68. The Kier molecular flexibility index (Phi) is 22.9. The highest BCUT2D eigenvalue weighted by Gasteiger charge is 2.16. The van der Waals surface area contributed by atoms with Gasteiger partial charge in [0, 0.05) is 6.20 Å². The van der Waals surface area contributed by atoms with Crippen LogP contribution in [0.1, 0.15) is 132 Å². The summed E-state index contributed by atoms with van der Waals surface area (Å²) in [7, 11) is 2.78. The molecule has 7 heteroatoms. The van der Waals surface area contributed by atoms with E-state index >= 15 is 0 Å². The number of nitrogens with zero attached hydrogens (tertiary/aromatic N) is 2. The normalized spacial score (nSPS) is 12.3. The van der Waals surface area contributed by atoms with Gasteiger partial charge in [0.15, 0.2) is 0 Å². The molecular formula is C34H57ClFN2O2P. The van der Waals surface area contributed by atoms with Crippen molar-refractivity contribution in [3.05, 3.63) is 64.1 Å². The molecule has 41 heavy (non-hydrogen) atoms. The number of ether oxygens (including phenoxy) is 1. The van der Waals surface area contributed by atoms with Gasteiger partial charge in [-0.2, -0.15) is 4.98 Å². The summed E-state index contributed by atoms with van der Waals surface area (Å²) in [4.78, 5) is 7.96. The zero-order valence-corrected chi connectivity index (χ0v) is 29.6. The van der Waals surface area contributed by atoms with Crippen LogP contribution in [-0.2, 0) is 6.61 Å². The van der Waals surface area contributed by atoms with E-state index in [1.54, 1.807) is 33.8 Å². The van der Waals surface area contributed by atoms with E-state index in [0.29, 0.717) is 18.1 Å². The monoisotopic (exact) mass is 610 g/mol. The van der Waals surface area contributed by atoms with Crippen LogP contribution in [0.5, 0.6) is 5.88 Å². The Balaban J connectivity index is 0. The molecule has 0 aliphatic heterocycles. The van der Waals surface area contributed by atoms with Gasteiger partial charge in [-0.1, -0.05) is 85.1 Å². The van der Waals surface area contributed by atoms with E-state index in [-0.39, 0.29) is 5.28 Å². The number of aliphatic hydroxyl groups excluding tert-OH is 1. The van der Waals surface area contributed by atoms with Crippen LogP contribution < -0.4 is 10.0 Å². The van der Waals surface area contributed by atoms with E-state index in [0.717, 1.165) is 35.2 Å². The van der Waals surface area contributed by atoms with Gasteiger partial charge in [0.1, 0.15) is 12.3 Å². The molecule has 0 aliphatic carbocycles. The van der Waals surface area contributed by atoms with Crippen molar-refractivity contribution in [3.8, 4) is 5.88 Å². The van der Waals surface area contributed by atoms with E-state index in [1.165, 1.54) is 30.2 Å². The molecule has 0 amide bonds. The molecule has 0 fully saturated rings. The predicted molar refractivity (Wildman–Crippen MR) is 182 cm³/mol. The Labute approximate surface area is 258 Å². The van der Waals surface area contributed by atoms with Crippen molar-refractivity contribution in [2.24, 2.45) is 5.92 Å². The molecule has 234 valence electrons. The highest BCUT2D eigenvalue weighted by Crippen LogP contribution is 2.24. The van der Waals surface area contributed by atoms with Gasteiger partial charge in [0.25, 0.3) is 0 Å². The zero-order valence-electron chi connectivity index (χ0n) is 27.7. The largest absolute Gasteiger partial charge is 0.472 e. The van der Waals surface area contributed by atoms with Gasteiger partial charge in [-0.05, 0) is 99.1 Å². The summed E-state index contributed by atoms with van der Waals surface area (Å²) in [6, 6.07) is 6.22. The fraction of sp³-hybridized carbons (Fsp3) is 0.588. The first-order valence-electron chi connectivity index (χ1n) is 14.8. The number of allylic oxidation sites excluding steroid dienone is 4. The first-order valence-corrected chi connectivity index (χ1v) is 15.7. The minimum absolute atomic E-state index is 0.0955. The lowest BCUT2D eigenvalue weighted by molar-refractivity contribution is 0.187. The lowest BCUT2D eigenvalue weighted by atomic mass is 10.0. The minimum atomic E-state index is -1.13. The van der Waals surface area contributed by atoms with Crippen LogP contribution in [-0.4, -0.2) is 20.7 Å². The van der Waals surface area contributed by atoms with Crippen LogP contribution in [0.3, 0.4) is 0 Å². The Morgan fingerprint density at radius 1 is 1.10 bits per heavy atom. The van der Waals surface area contributed by atoms with Crippen LogP contribution in [0.15, 0.2) is 42.1 Å². The van der Waals surface area contributed by atoms with Crippen molar-refractivity contribution >= 4 is 31.7 Å². The fourth-order valence-electron chi connectivity index (χ4n) is 2.78. The molecule has 2 rings (SSSR count). The third kappa shape index (κ3) is 19.9. The van der Waals surface area contributed by atoms with Crippen LogP contribution in [0, 0.1) is 5.92 Å². The second kappa shape index (κ2) is 22.7. The summed E-state index contributed by atoms with van der Waals surface area (Å²) in [5, 5.41) is 11.0. The molecule has 0 bridgehead atoms. The number of benzene rings is 1. The topological polar surface area (TPSA) is 55.2 Å². The van der Waals surface area contributed by atoms with Crippen molar-refractivity contribution < 1.29 is 14.2 Å². The van der Waals surface area contributed by atoms with E-state index in [1.807, 2.05) is 13.0 Å². The third-order valence-corrected chi connectivity index (χ3v) is 6.39. The molecule has 1 aromatic carbocycles. The van der Waals surface area contributed by atoms with Gasteiger partial charge in [-0.15, -0.1) is 9.24 Å². The minimum Gasteiger partial charge on any atom is -0.472 e. The average Bonchev–Trinajstić information content (AvgIpc) is 2.89. The van der Waals surface area contributed by atoms with Crippen LogP contribution in [0.4, 0.5) is 4.39 Å². The quantitative estimate of drug-likeness (QED) is 0.174. The third-order valence-electron chi connectivity index (χ3n) is 5.73. The summed E-state index contributed by atoms with van der Waals surface area (Å²) in [5.41, 5.74) is 3.69. The summed E-state index contributed by atoms with van der Waals surface area (Å²) < 4.78 is 18.5. The van der Waals surface area contributed by atoms with Crippen molar-refractivity contribution in [1.29, 1.82) is 0 Å². The summed E-state index contributed by atoms with van der Waals surface area (Å²) in [6.45, 7) is 23.9. The van der Waals surface area contributed by atoms with Crippen LogP contribution >= 0.6 is 20.8 Å². The Morgan fingerprint density at radius 3 is 2.05 bits per heavy atom. The molecule has 2 unspecified atom stereocenters. The van der Waals surface area contributed by atoms with E-state index < -0.39 is 11.8 Å². The molecular weight excluding hydrogens is 554 g/mol. The Hall–Kier alpha value is -1.81. The van der Waals surface area contributed by atoms with Crippen molar-refractivity contribution in [2.45, 2.75) is 127 Å². The van der Waals surface area contributed by atoms with Gasteiger partial charge in [0.05, 0.1) is 11.7 Å². The number of halogens is 2. The number of aliphatic hydroxyl groups is 1. The van der Waals surface area contributed by atoms with Gasteiger partial charge in [0.2, 0.25) is 11.2 Å². The maximum absolute atomic E-state index is 12.7. The number of unbranched alkanes of at least 4 members (excludes halogenated alkanes) is 2. The number of hydrogen-bond donors (Lipinski definition) is 1. The van der Waals surface area contributed by atoms with E-state index in [9.17, 15) is 9.50 Å². The van der Waals surface area contributed by atoms with Crippen molar-refractivity contribution in [3.63, 3.8) is 0 Å². The maximum atomic E-state index is 12.7. The molecule has 0 aliphatic rings.